The fraction of sp³-hybridized carbons (Fsp3) is 0.0833. The van der Waals surface area contributed by atoms with E-state index in [1.807, 2.05) is 18.2 Å². The van der Waals surface area contributed by atoms with Gasteiger partial charge in [-0.25, -0.2) is 0 Å². The molecule has 96 valence electrons. The van der Waals surface area contributed by atoms with Crippen LogP contribution in [0.2, 0.25) is 0 Å². The van der Waals surface area contributed by atoms with Crippen molar-refractivity contribution in [1.82, 2.24) is 4.98 Å². The second-order valence-corrected chi connectivity index (χ2v) is 5.05. The maximum atomic E-state index is 10.9. The van der Waals surface area contributed by atoms with Crippen LogP contribution in [-0.4, -0.2) is 17.1 Å². The van der Waals surface area contributed by atoms with Gasteiger partial charge in [-0.2, -0.15) is 0 Å². The minimum atomic E-state index is -0.838. The van der Waals surface area contributed by atoms with Crippen LogP contribution in [0.5, 0.6) is 0 Å². The lowest BCUT2D eigenvalue weighted by Gasteiger charge is -2.07. The van der Waals surface area contributed by atoms with Crippen molar-refractivity contribution in [2.45, 2.75) is 11.5 Å². The molecule has 3 N–H and O–H groups in total. The summed E-state index contributed by atoms with van der Waals surface area (Å²) in [5.74, 6) is 0. The highest BCUT2D eigenvalue weighted by atomic mass is 32.2. The molecule has 0 saturated heterocycles. The van der Waals surface area contributed by atoms with E-state index in [0.717, 1.165) is 21.6 Å². The number of aromatic nitrogens is 1. The van der Waals surface area contributed by atoms with E-state index >= 15 is 0 Å². The highest BCUT2D eigenvalue weighted by Gasteiger charge is 2.27. The van der Waals surface area contributed by atoms with E-state index in [-0.39, 0.29) is 5.56 Å². The predicted molar refractivity (Wildman–Crippen MR) is 75.4 cm³/mol. The third-order valence-corrected chi connectivity index (χ3v) is 3.68. The van der Waals surface area contributed by atoms with Crippen LogP contribution in [0.1, 0.15) is 5.56 Å². The van der Waals surface area contributed by atoms with Gasteiger partial charge in [-0.15, -0.1) is 0 Å². The highest BCUT2D eigenvalue weighted by molar-refractivity contribution is 8.00. The van der Waals surface area contributed by atoms with Gasteiger partial charge in [0, 0.05) is 22.8 Å². The predicted octanol–water partition coefficient (Wildman–Crippen LogP) is 0.712. The zero-order valence-electron chi connectivity index (χ0n) is 9.92. The quantitative estimate of drug-likeness (QED) is 0.568. The second-order valence-electron chi connectivity index (χ2n) is 4.17. The lowest BCUT2D eigenvalue weighted by Crippen LogP contribution is -2.28. The molecule has 2 heterocycles. The van der Waals surface area contributed by atoms with E-state index in [4.69, 9.17) is 4.65 Å². The molecule has 0 aliphatic carbocycles. The molecule has 0 amide bonds. The number of benzene rings is 1. The summed E-state index contributed by atoms with van der Waals surface area (Å²) in [5.41, 5.74) is 2.56. The van der Waals surface area contributed by atoms with Crippen molar-refractivity contribution in [2.75, 3.05) is 4.72 Å². The normalized spacial score (nSPS) is 13.4. The van der Waals surface area contributed by atoms with E-state index in [1.165, 1.54) is 18.0 Å². The number of aromatic amines is 1. The van der Waals surface area contributed by atoms with Crippen LogP contribution >= 0.6 is 11.9 Å². The Balaban J connectivity index is 1.72. The smallest absolute Gasteiger partial charge is 0.423 e. The number of hydrogen-bond acceptors (Lipinski definition) is 5. The topological polar surface area (TPSA) is 74.3 Å². The largest absolute Gasteiger partial charge is 0.491 e. The van der Waals surface area contributed by atoms with Gasteiger partial charge in [0.1, 0.15) is 0 Å². The lowest BCUT2D eigenvalue weighted by molar-refractivity contribution is 0.275. The van der Waals surface area contributed by atoms with Crippen LogP contribution < -0.4 is 15.7 Å². The first-order valence-corrected chi connectivity index (χ1v) is 6.58. The summed E-state index contributed by atoms with van der Waals surface area (Å²) < 4.78 is 8.29. The third kappa shape index (κ3) is 2.68. The summed E-state index contributed by atoms with van der Waals surface area (Å²) >= 11 is 1.39. The van der Waals surface area contributed by atoms with Crippen molar-refractivity contribution in [3.05, 3.63) is 52.4 Å². The van der Waals surface area contributed by atoms with Crippen LogP contribution in [0.25, 0.3) is 0 Å². The standard InChI is InChI=1S/C12H11BN2O3S/c16-12-4-3-10(6-14-12)19-15-9-2-1-8-7-18-13(17)11(8)5-9/h1-6,15,17H,7H2,(H,14,16). The zero-order chi connectivity index (χ0) is 13.2. The second kappa shape index (κ2) is 5.12. The first kappa shape index (κ1) is 12.3. The Morgan fingerprint density at radius 2 is 2.26 bits per heavy atom. The molecular formula is C12H11BN2O3S. The Kier molecular flexibility index (Phi) is 3.33. The summed E-state index contributed by atoms with van der Waals surface area (Å²) in [6.45, 7) is 0.448. The average molecular weight is 274 g/mol. The number of H-pyrrole nitrogens is 1. The molecule has 3 rings (SSSR count). The first-order valence-electron chi connectivity index (χ1n) is 5.76. The Bertz CT molecular complexity index is 641. The van der Waals surface area contributed by atoms with Crippen molar-refractivity contribution in [3.8, 4) is 0 Å². The number of pyridine rings is 1. The Labute approximate surface area is 114 Å². The molecule has 1 aliphatic rings. The highest BCUT2D eigenvalue weighted by Crippen LogP contribution is 2.21. The van der Waals surface area contributed by atoms with Gasteiger partial charge in [-0.1, -0.05) is 6.07 Å². The minimum Gasteiger partial charge on any atom is -0.423 e. The number of anilines is 1. The van der Waals surface area contributed by atoms with Gasteiger partial charge in [0.15, 0.2) is 0 Å². The summed E-state index contributed by atoms with van der Waals surface area (Å²) in [5, 5.41) is 9.63. The van der Waals surface area contributed by atoms with E-state index in [0.29, 0.717) is 6.61 Å². The van der Waals surface area contributed by atoms with Gasteiger partial charge in [0.25, 0.3) is 0 Å². The molecule has 0 bridgehead atoms. The van der Waals surface area contributed by atoms with Crippen molar-refractivity contribution in [3.63, 3.8) is 0 Å². The van der Waals surface area contributed by atoms with Crippen molar-refractivity contribution < 1.29 is 9.68 Å². The van der Waals surface area contributed by atoms with Gasteiger partial charge in [0.2, 0.25) is 5.56 Å². The van der Waals surface area contributed by atoms with Gasteiger partial charge in [-0.05, 0) is 41.2 Å². The molecule has 0 atom stereocenters. The van der Waals surface area contributed by atoms with Crippen molar-refractivity contribution in [1.29, 1.82) is 0 Å². The Morgan fingerprint density at radius 1 is 1.37 bits per heavy atom. The number of hydrogen-bond donors (Lipinski definition) is 3. The van der Waals surface area contributed by atoms with Crippen molar-refractivity contribution in [2.24, 2.45) is 0 Å². The van der Waals surface area contributed by atoms with Crippen LogP contribution in [-0.2, 0) is 11.3 Å². The maximum Gasteiger partial charge on any atom is 0.491 e. The van der Waals surface area contributed by atoms with Gasteiger partial charge >= 0.3 is 7.12 Å². The van der Waals surface area contributed by atoms with Crippen LogP contribution in [0.4, 0.5) is 5.69 Å². The summed E-state index contributed by atoms with van der Waals surface area (Å²) in [4.78, 5) is 14.4. The summed E-state index contributed by atoms with van der Waals surface area (Å²) in [6.07, 6.45) is 1.64. The SMILES string of the molecule is O=c1ccc(SNc2ccc3c(c2)B(O)OC3)c[nH]1. The van der Waals surface area contributed by atoms with Gasteiger partial charge in [-0.3, -0.25) is 4.79 Å². The maximum absolute atomic E-state index is 10.9. The molecule has 1 aromatic heterocycles. The number of nitrogens with one attached hydrogen (secondary N) is 2. The molecule has 1 aliphatic heterocycles. The molecule has 19 heavy (non-hydrogen) atoms. The third-order valence-electron chi connectivity index (χ3n) is 2.85. The monoisotopic (exact) mass is 274 g/mol. The molecule has 0 spiro atoms. The molecule has 1 aromatic carbocycles. The number of fused-ring (bicyclic) bond motifs is 1. The molecule has 7 heteroatoms. The first-order chi connectivity index (χ1) is 9.22. The minimum absolute atomic E-state index is 0.123. The zero-order valence-corrected chi connectivity index (χ0v) is 10.7. The number of rotatable bonds is 3. The van der Waals surface area contributed by atoms with Gasteiger partial charge < -0.3 is 19.4 Å². The Hall–Kier alpha value is -1.70. The molecule has 5 nitrogen and oxygen atoms in total. The Morgan fingerprint density at radius 3 is 3.05 bits per heavy atom. The summed E-state index contributed by atoms with van der Waals surface area (Å²) in [7, 11) is -0.838. The molecule has 0 fully saturated rings. The molecule has 0 radical (unpaired) electrons. The van der Waals surface area contributed by atoms with Crippen LogP contribution in [0.15, 0.2) is 46.2 Å². The lowest BCUT2D eigenvalue weighted by atomic mass is 9.79. The molecular weight excluding hydrogens is 263 g/mol. The molecule has 2 aromatic rings. The van der Waals surface area contributed by atoms with Crippen LogP contribution in [0, 0.1) is 0 Å². The van der Waals surface area contributed by atoms with Crippen LogP contribution in [0.3, 0.4) is 0 Å². The summed E-state index contributed by atoms with van der Waals surface area (Å²) in [6, 6.07) is 8.94. The van der Waals surface area contributed by atoms with Crippen molar-refractivity contribution >= 4 is 30.2 Å². The average Bonchev–Trinajstić information content (AvgIpc) is 2.80. The fourth-order valence-corrected chi connectivity index (χ4v) is 2.47. The van der Waals surface area contributed by atoms with E-state index in [1.54, 1.807) is 12.3 Å². The van der Waals surface area contributed by atoms with E-state index in [9.17, 15) is 9.82 Å². The molecule has 0 unspecified atom stereocenters. The van der Waals surface area contributed by atoms with E-state index < -0.39 is 7.12 Å². The van der Waals surface area contributed by atoms with Gasteiger partial charge in [0.05, 0.1) is 6.61 Å². The molecule has 0 saturated carbocycles. The fourth-order valence-electron chi connectivity index (χ4n) is 1.86. The van der Waals surface area contributed by atoms with E-state index in [2.05, 4.69) is 9.71 Å².